The molecule has 0 aliphatic carbocycles. The average Bonchev–Trinajstić information content (AvgIpc) is 3.29. The number of hydrogen-bond donors (Lipinski definition) is 2. The van der Waals surface area contributed by atoms with Crippen LogP contribution in [0.15, 0.2) is 30.3 Å². The molecule has 0 saturated heterocycles. The van der Waals surface area contributed by atoms with Gasteiger partial charge in [0.2, 0.25) is 0 Å². The fourth-order valence-corrected chi connectivity index (χ4v) is 3.72. The van der Waals surface area contributed by atoms with Crippen LogP contribution in [-0.2, 0) is 13.1 Å². The molecule has 1 amide bonds. The number of Topliss-reactive ketones (excluding diaryl/α,β-unsaturated/α-hetero) is 1. The van der Waals surface area contributed by atoms with Crippen LogP contribution in [0.3, 0.4) is 0 Å². The molecule has 0 fully saturated rings. The highest BCUT2D eigenvalue weighted by atomic mass is 16.5. The number of ether oxygens (including phenoxy) is 1. The summed E-state index contributed by atoms with van der Waals surface area (Å²) in [6, 6.07) is 8.75. The second kappa shape index (κ2) is 7.24. The fourth-order valence-electron chi connectivity index (χ4n) is 3.72. The first-order valence-electron chi connectivity index (χ1n) is 9.56. The third-order valence-corrected chi connectivity index (χ3v) is 5.19. The van der Waals surface area contributed by atoms with E-state index in [1.165, 1.54) is 6.07 Å². The summed E-state index contributed by atoms with van der Waals surface area (Å²) in [7, 11) is 1.61. The summed E-state index contributed by atoms with van der Waals surface area (Å²) in [4.78, 5) is 27.3. The van der Waals surface area contributed by atoms with Crippen molar-refractivity contribution in [3.05, 3.63) is 52.7 Å². The van der Waals surface area contributed by atoms with Crippen LogP contribution in [0.5, 0.6) is 11.5 Å². The van der Waals surface area contributed by atoms with Crippen LogP contribution >= 0.6 is 0 Å². The summed E-state index contributed by atoms with van der Waals surface area (Å²) in [5, 5.41) is 17.9. The van der Waals surface area contributed by atoms with Gasteiger partial charge in [-0.05, 0) is 35.2 Å². The summed E-state index contributed by atoms with van der Waals surface area (Å²) >= 11 is 0. The zero-order valence-electron chi connectivity index (χ0n) is 16.7. The van der Waals surface area contributed by atoms with E-state index in [1.54, 1.807) is 18.1 Å². The van der Waals surface area contributed by atoms with Crippen LogP contribution in [0.25, 0.3) is 10.9 Å². The number of amides is 1. The minimum Gasteiger partial charge on any atom is -0.507 e. The number of methoxy groups -OCH3 is 1. The number of benzene rings is 2. The molecule has 150 valence electrons. The van der Waals surface area contributed by atoms with E-state index in [1.807, 2.05) is 32.0 Å². The number of phenols is 1. The molecule has 7 heteroatoms. The Morgan fingerprint density at radius 3 is 2.69 bits per heavy atom. The molecule has 0 radical (unpaired) electrons. The lowest BCUT2D eigenvalue weighted by Gasteiger charge is -2.16. The van der Waals surface area contributed by atoms with E-state index < -0.39 is 0 Å². The molecule has 3 aromatic rings. The number of aromatic hydroxyl groups is 1. The van der Waals surface area contributed by atoms with Crippen molar-refractivity contribution in [1.82, 2.24) is 15.1 Å². The molecule has 1 aliphatic rings. The van der Waals surface area contributed by atoms with Crippen molar-refractivity contribution in [3.8, 4) is 11.5 Å². The molecule has 29 heavy (non-hydrogen) atoms. The molecule has 0 saturated carbocycles. The molecule has 0 unspecified atom stereocenters. The van der Waals surface area contributed by atoms with E-state index in [0.717, 1.165) is 16.9 Å². The lowest BCUT2D eigenvalue weighted by molar-refractivity contribution is 0.0748. The van der Waals surface area contributed by atoms with Gasteiger partial charge in [0, 0.05) is 31.0 Å². The Balaban J connectivity index is 1.66. The number of phenolic OH excluding ortho intramolecular Hbond substituents is 1. The topological polar surface area (TPSA) is 95.5 Å². The number of rotatable bonds is 5. The Kier molecular flexibility index (Phi) is 4.74. The predicted molar refractivity (Wildman–Crippen MR) is 108 cm³/mol. The van der Waals surface area contributed by atoms with Gasteiger partial charge in [-0.2, -0.15) is 5.10 Å². The highest BCUT2D eigenvalue weighted by Gasteiger charge is 2.27. The smallest absolute Gasteiger partial charge is 0.258 e. The van der Waals surface area contributed by atoms with E-state index in [0.29, 0.717) is 36.1 Å². The Morgan fingerprint density at radius 2 is 1.97 bits per heavy atom. The molecule has 2 heterocycles. The van der Waals surface area contributed by atoms with Crippen LogP contribution in [-0.4, -0.2) is 39.0 Å². The molecule has 0 spiro atoms. The number of nitrogens with zero attached hydrogens (tertiary/aromatic N) is 2. The van der Waals surface area contributed by atoms with Crippen molar-refractivity contribution in [1.29, 1.82) is 0 Å². The van der Waals surface area contributed by atoms with Crippen molar-refractivity contribution < 1.29 is 19.4 Å². The Bertz CT molecular complexity index is 1120. The molecule has 7 nitrogen and oxygen atoms in total. The molecule has 0 bridgehead atoms. The maximum Gasteiger partial charge on any atom is 0.258 e. The van der Waals surface area contributed by atoms with Crippen molar-refractivity contribution >= 4 is 22.6 Å². The number of ketones is 1. The largest absolute Gasteiger partial charge is 0.507 e. The standard InChI is InChI=1S/C22H23N3O4/c1-12(2)6-20(27)21-16-8-17(19(26)9-18(16)23-24-21)22(28)25-10-13-4-5-15(29-3)7-14(13)11-25/h4-5,7-9,12,26H,6,10-11H2,1-3H3,(H,23,24). The van der Waals surface area contributed by atoms with Crippen molar-refractivity contribution in [2.75, 3.05) is 7.11 Å². The quantitative estimate of drug-likeness (QED) is 0.645. The van der Waals surface area contributed by atoms with E-state index in [4.69, 9.17) is 4.74 Å². The number of fused-ring (bicyclic) bond motifs is 2. The van der Waals surface area contributed by atoms with Gasteiger partial charge < -0.3 is 14.7 Å². The SMILES string of the molecule is COc1ccc2c(c1)CN(C(=O)c1cc3c(C(=O)CC(C)C)n[nH]c3cc1O)C2. The van der Waals surface area contributed by atoms with E-state index >= 15 is 0 Å². The van der Waals surface area contributed by atoms with Gasteiger partial charge >= 0.3 is 0 Å². The molecule has 2 aromatic carbocycles. The molecule has 1 aliphatic heterocycles. The Labute approximate surface area is 168 Å². The number of aromatic nitrogens is 2. The Morgan fingerprint density at radius 1 is 1.21 bits per heavy atom. The number of carbonyl (C=O) groups excluding carboxylic acids is 2. The summed E-state index contributed by atoms with van der Waals surface area (Å²) in [5.74, 6) is 0.433. The third kappa shape index (κ3) is 3.44. The summed E-state index contributed by atoms with van der Waals surface area (Å²) < 4.78 is 5.26. The molecule has 0 atom stereocenters. The molecular formula is C22H23N3O4. The first-order valence-corrected chi connectivity index (χ1v) is 9.56. The van der Waals surface area contributed by atoms with Gasteiger partial charge in [-0.3, -0.25) is 14.7 Å². The van der Waals surface area contributed by atoms with E-state index in [-0.39, 0.29) is 28.9 Å². The number of hydrogen-bond acceptors (Lipinski definition) is 5. The minimum absolute atomic E-state index is 0.0870. The van der Waals surface area contributed by atoms with Crippen LogP contribution in [0.1, 0.15) is 52.2 Å². The second-order valence-electron chi connectivity index (χ2n) is 7.80. The van der Waals surface area contributed by atoms with Crippen molar-refractivity contribution in [2.24, 2.45) is 5.92 Å². The summed E-state index contributed by atoms with van der Waals surface area (Å²) in [6.45, 7) is 4.83. The molecular weight excluding hydrogens is 370 g/mol. The van der Waals surface area contributed by atoms with Gasteiger partial charge in [-0.15, -0.1) is 0 Å². The van der Waals surface area contributed by atoms with E-state index in [2.05, 4.69) is 10.2 Å². The molecule has 2 N–H and O–H groups in total. The number of H-pyrrole nitrogens is 1. The number of aromatic amines is 1. The van der Waals surface area contributed by atoms with Gasteiger partial charge in [0.05, 0.1) is 18.2 Å². The lowest BCUT2D eigenvalue weighted by Crippen LogP contribution is -2.25. The van der Waals surface area contributed by atoms with Gasteiger partial charge in [-0.1, -0.05) is 19.9 Å². The Hall–Kier alpha value is -3.35. The molecule has 1 aromatic heterocycles. The third-order valence-electron chi connectivity index (χ3n) is 5.19. The fraction of sp³-hybridized carbons (Fsp3) is 0.318. The normalized spacial score (nSPS) is 13.2. The zero-order valence-corrected chi connectivity index (χ0v) is 16.7. The van der Waals surface area contributed by atoms with Crippen molar-refractivity contribution in [3.63, 3.8) is 0 Å². The first-order chi connectivity index (χ1) is 13.9. The minimum atomic E-state index is -0.289. The van der Waals surface area contributed by atoms with Crippen LogP contribution in [0.2, 0.25) is 0 Å². The highest BCUT2D eigenvalue weighted by Crippen LogP contribution is 2.32. The number of nitrogens with one attached hydrogen (secondary N) is 1. The van der Waals surface area contributed by atoms with E-state index in [9.17, 15) is 14.7 Å². The first kappa shape index (κ1) is 19.0. The summed E-state index contributed by atoms with van der Waals surface area (Å²) in [6.07, 6.45) is 0.368. The predicted octanol–water partition coefficient (Wildman–Crippen LogP) is 3.66. The maximum atomic E-state index is 13.1. The van der Waals surface area contributed by atoms with Gasteiger partial charge in [-0.25, -0.2) is 0 Å². The summed E-state index contributed by atoms with van der Waals surface area (Å²) in [5.41, 5.74) is 3.07. The maximum absolute atomic E-state index is 13.1. The zero-order chi connectivity index (χ0) is 20.7. The van der Waals surface area contributed by atoms with Crippen LogP contribution in [0.4, 0.5) is 0 Å². The van der Waals surface area contributed by atoms with Crippen LogP contribution in [0, 0.1) is 5.92 Å². The monoisotopic (exact) mass is 393 g/mol. The highest BCUT2D eigenvalue weighted by molar-refractivity contribution is 6.09. The van der Waals surface area contributed by atoms with Gasteiger partial charge in [0.15, 0.2) is 5.78 Å². The average molecular weight is 393 g/mol. The van der Waals surface area contributed by atoms with Gasteiger partial charge in [0.25, 0.3) is 5.91 Å². The van der Waals surface area contributed by atoms with Gasteiger partial charge in [0.1, 0.15) is 17.2 Å². The number of carbonyl (C=O) groups is 2. The van der Waals surface area contributed by atoms with Crippen LogP contribution < -0.4 is 4.74 Å². The second-order valence-corrected chi connectivity index (χ2v) is 7.80. The lowest BCUT2D eigenvalue weighted by atomic mass is 10.0. The van der Waals surface area contributed by atoms with Crippen molar-refractivity contribution in [2.45, 2.75) is 33.4 Å². The molecule has 4 rings (SSSR count).